The van der Waals surface area contributed by atoms with Gasteiger partial charge in [-0.25, -0.2) is 0 Å². The minimum Gasteiger partial charge on any atom is -0.339 e. The molecule has 0 aromatic heterocycles. The zero-order valence-electron chi connectivity index (χ0n) is 15.3. The summed E-state index contributed by atoms with van der Waals surface area (Å²) in [5.41, 5.74) is 0. The molecule has 0 bridgehead atoms. The maximum absolute atomic E-state index is 11.1. The molecule has 126 valence electrons. The van der Waals surface area contributed by atoms with E-state index in [-0.39, 0.29) is 5.91 Å². The molecule has 0 atom stereocenters. The smallest absolute Gasteiger partial charge is 0.245 e. The number of unbranched alkanes of at least 4 members (excludes halogenated alkanes) is 5. The third kappa shape index (κ3) is 13.9. The number of hydrogen-bond donors (Lipinski definition) is 0. The van der Waals surface area contributed by atoms with Gasteiger partial charge in [0.05, 0.1) is 0 Å². The van der Waals surface area contributed by atoms with Gasteiger partial charge >= 0.3 is 0 Å². The van der Waals surface area contributed by atoms with Crippen LogP contribution in [0.25, 0.3) is 0 Å². The lowest BCUT2D eigenvalue weighted by Gasteiger charge is -2.29. The van der Waals surface area contributed by atoms with E-state index >= 15 is 0 Å². The Hall–Kier alpha value is -0.790. The average Bonchev–Trinajstić information content (AvgIpc) is 2.54. The van der Waals surface area contributed by atoms with Crippen molar-refractivity contribution < 1.29 is 4.79 Å². The van der Waals surface area contributed by atoms with Crippen LogP contribution in [0.5, 0.6) is 0 Å². The minimum absolute atomic E-state index is 0.0805. The highest BCUT2D eigenvalue weighted by atomic mass is 16.2. The molecule has 1 heterocycles. The number of likely N-dealkylation sites (tertiary alicyclic amines) is 1. The summed E-state index contributed by atoms with van der Waals surface area (Å²) >= 11 is 0. The number of amides is 1. The molecule has 1 saturated heterocycles. The van der Waals surface area contributed by atoms with Gasteiger partial charge in [0.2, 0.25) is 5.91 Å². The van der Waals surface area contributed by atoms with Gasteiger partial charge in [0.15, 0.2) is 0 Å². The van der Waals surface area contributed by atoms with Gasteiger partial charge < -0.3 is 4.90 Å². The Bertz CT molecular complexity index is 224. The van der Waals surface area contributed by atoms with E-state index in [1.807, 2.05) is 18.7 Å². The van der Waals surface area contributed by atoms with Crippen molar-refractivity contribution in [1.82, 2.24) is 4.90 Å². The number of nitrogens with zero attached hydrogens (tertiary/aromatic N) is 1. The van der Waals surface area contributed by atoms with Crippen LogP contribution >= 0.6 is 0 Å². The molecule has 1 aliphatic heterocycles. The molecule has 0 radical (unpaired) electrons. The van der Waals surface area contributed by atoms with Gasteiger partial charge in [-0.2, -0.15) is 0 Å². The van der Waals surface area contributed by atoms with E-state index < -0.39 is 0 Å². The summed E-state index contributed by atoms with van der Waals surface area (Å²) in [6.45, 7) is 16.0. The van der Waals surface area contributed by atoms with E-state index in [4.69, 9.17) is 0 Å². The zero-order chi connectivity index (χ0) is 16.5. The second-order valence-electron chi connectivity index (χ2n) is 5.63. The van der Waals surface area contributed by atoms with Crippen LogP contribution in [0, 0.1) is 5.92 Å². The normalized spacial score (nSPS) is 14.4. The molecule has 2 heteroatoms. The monoisotopic (exact) mass is 297 g/mol. The molecular weight excluding hydrogens is 258 g/mol. The summed E-state index contributed by atoms with van der Waals surface area (Å²) in [7, 11) is 0. The SMILES string of the molecule is C=CC(=O)N1CCC(C)CC1.CC.CCCCCCCC. The lowest BCUT2D eigenvalue weighted by Crippen LogP contribution is -2.36. The van der Waals surface area contributed by atoms with Crippen molar-refractivity contribution in [1.29, 1.82) is 0 Å². The first-order valence-corrected chi connectivity index (χ1v) is 9.07. The average molecular weight is 298 g/mol. The standard InChI is InChI=1S/C9H15NO.C8H18.C2H6/c1-3-9(11)10-6-4-8(2)5-7-10;1-3-5-7-8-6-4-2;1-2/h3,8H,1,4-7H2,2H3;3-8H2,1-2H3;1-2H3. The second kappa shape index (κ2) is 17.3. The number of piperidine rings is 1. The van der Waals surface area contributed by atoms with E-state index in [0.717, 1.165) is 31.8 Å². The molecule has 0 aromatic rings. The number of carbonyl (C=O) groups excluding carboxylic acids is 1. The zero-order valence-corrected chi connectivity index (χ0v) is 15.3. The molecule has 1 aliphatic rings. The Balaban J connectivity index is 0. The van der Waals surface area contributed by atoms with Crippen molar-refractivity contribution in [3.05, 3.63) is 12.7 Å². The van der Waals surface area contributed by atoms with Gasteiger partial charge in [-0.05, 0) is 24.8 Å². The maximum Gasteiger partial charge on any atom is 0.245 e. The molecular formula is C19H39NO. The Morgan fingerprint density at radius 3 is 1.81 bits per heavy atom. The largest absolute Gasteiger partial charge is 0.339 e. The van der Waals surface area contributed by atoms with Crippen molar-refractivity contribution >= 4 is 5.91 Å². The van der Waals surface area contributed by atoms with Crippen LogP contribution in [0.2, 0.25) is 0 Å². The van der Waals surface area contributed by atoms with Crippen molar-refractivity contribution in [2.24, 2.45) is 5.92 Å². The molecule has 1 fully saturated rings. The van der Waals surface area contributed by atoms with Crippen LogP contribution in [0.3, 0.4) is 0 Å². The van der Waals surface area contributed by atoms with Gasteiger partial charge in [0.1, 0.15) is 0 Å². The highest BCUT2D eigenvalue weighted by Crippen LogP contribution is 2.15. The first-order chi connectivity index (χ1) is 10.2. The maximum atomic E-state index is 11.1. The molecule has 0 spiro atoms. The van der Waals surface area contributed by atoms with Crippen molar-refractivity contribution in [3.8, 4) is 0 Å². The lowest BCUT2D eigenvalue weighted by molar-refractivity contribution is -0.127. The Labute approximate surface area is 134 Å². The van der Waals surface area contributed by atoms with Crippen molar-refractivity contribution in [3.63, 3.8) is 0 Å². The van der Waals surface area contributed by atoms with E-state index in [1.54, 1.807) is 0 Å². The molecule has 2 nitrogen and oxygen atoms in total. The molecule has 0 unspecified atom stereocenters. The number of hydrogen-bond acceptors (Lipinski definition) is 1. The highest BCUT2D eigenvalue weighted by Gasteiger charge is 2.17. The first-order valence-electron chi connectivity index (χ1n) is 9.07. The summed E-state index contributed by atoms with van der Waals surface area (Å²) in [4.78, 5) is 12.9. The molecule has 1 rings (SSSR count). The van der Waals surface area contributed by atoms with Crippen molar-refractivity contribution in [2.45, 2.75) is 86.0 Å². The third-order valence-electron chi connectivity index (χ3n) is 3.73. The fraction of sp³-hybridized carbons (Fsp3) is 0.842. The summed E-state index contributed by atoms with van der Waals surface area (Å²) in [6.07, 6.45) is 12.2. The van der Waals surface area contributed by atoms with E-state index in [0.29, 0.717) is 0 Å². The van der Waals surface area contributed by atoms with E-state index in [1.165, 1.54) is 44.6 Å². The number of rotatable bonds is 6. The highest BCUT2D eigenvalue weighted by molar-refractivity contribution is 5.87. The van der Waals surface area contributed by atoms with Crippen LogP contribution < -0.4 is 0 Å². The predicted octanol–water partition coefficient (Wildman–Crippen LogP) is 5.82. The quantitative estimate of drug-likeness (QED) is 0.446. The minimum atomic E-state index is 0.0805. The fourth-order valence-electron chi connectivity index (χ4n) is 2.21. The Morgan fingerprint density at radius 1 is 1.05 bits per heavy atom. The molecule has 0 aromatic carbocycles. The molecule has 21 heavy (non-hydrogen) atoms. The van der Waals surface area contributed by atoms with Crippen LogP contribution in [-0.2, 0) is 4.79 Å². The molecule has 0 saturated carbocycles. The summed E-state index contributed by atoms with van der Waals surface area (Å²) < 4.78 is 0. The van der Waals surface area contributed by atoms with Gasteiger partial charge in [-0.1, -0.05) is 79.7 Å². The van der Waals surface area contributed by atoms with Gasteiger partial charge in [-0.15, -0.1) is 0 Å². The first kappa shape index (κ1) is 22.5. The third-order valence-corrected chi connectivity index (χ3v) is 3.73. The topological polar surface area (TPSA) is 20.3 Å². The summed E-state index contributed by atoms with van der Waals surface area (Å²) in [6, 6.07) is 0. The van der Waals surface area contributed by atoms with Crippen LogP contribution in [0.1, 0.15) is 86.0 Å². The summed E-state index contributed by atoms with van der Waals surface area (Å²) in [5, 5.41) is 0. The molecule has 0 aliphatic carbocycles. The predicted molar refractivity (Wildman–Crippen MR) is 95.6 cm³/mol. The summed E-state index contributed by atoms with van der Waals surface area (Å²) in [5.74, 6) is 0.862. The number of carbonyl (C=O) groups is 1. The van der Waals surface area contributed by atoms with Gasteiger partial charge in [-0.3, -0.25) is 4.79 Å². The molecule has 0 N–H and O–H groups in total. The lowest BCUT2D eigenvalue weighted by atomic mass is 9.99. The van der Waals surface area contributed by atoms with E-state index in [2.05, 4.69) is 27.4 Å². The second-order valence-corrected chi connectivity index (χ2v) is 5.63. The van der Waals surface area contributed by atoms with Crippen LogP contribution in [0.4, 0.5) is 0 Å². The van der Waals surface area contributed by atoms with Crippen LogP contribution in [0.15, 0.2) is 12.7 Å². The fourth-order valence-corrected chi connectivity index (χ4v) is 2.21. The Kier molecular flexibility index (Phi) is 18.5. The van der Waals surface area contributed by atoms with Gasteiger partial charge in [0, 0.05) is 13.1 Å². The van der Waals surface area contributed by atoms with Gasteiger partial charge in [0.25, 0.3) is 0 Å². The molecule has 1 amide bonds. The van der Waals surface area contributed by atoms with Crippen LogP contribution in [-0.4, -0.2) is 23.9 Å². The Morgan fingerprint density at radius 2 is 1.48 bits per heavy atom. The van der Waals surface area contributed by atoms with E-state index in [9.17, 15) is 4.79 Å². The van der Waals surface area contributed by atoms with Crippen molar-refractivity contribution in [2.75, 3.05) is 13.1 Å².